The van der Waals surface area contributed by atoms with Crippen LogP contribution in [-0.2, 0) is 9.59 Å². The maximum atomic E-state index is 13.4. The smallest absolute Gasteiger partial charge is 0.313 e. The summed E-state index contributed by atoms with van der Waals surface area (Å²) in [6.07, 6.45) is 2.89. The standard InChI is InChI=1S/C15H18F2N2O3/c16-10-5-3-6-11(13(10)17)19-15(22)14(21)18-8-9-4-1-2-7-12(9)20/h3,5-6,9,12,20H,1-2,4,7-8H2,(H,18,21)(H,19,22). The molecular weight excluding hydrogens is 294 g/mol. The molecule has 0 aliphatic heterocycles. The summed E-state index contributed by atoms with van der Waals surface area (Å²) in [7, 11) is 0. The Bertz CT molecular complexity index is 566. The molecule has 1 aromatic rings. The molecular formula is C15H18F2N2O3. The quantitative estimate of drug-likeness (QED) is 0.741. The fourth-order valence-electron chi connectivity index (χ4n) is 2.51. The van der Waals surface area contributed by atoms with E-state index >= 15 is 0 Å². The number of hydrogen-bond donors (Lipinski definition) is 3. The van der Waals surface area contributed by atoms with Crippen LogP contribution in [0.5, 0.6) is 0 Å². The first-order valence-electron chi connectivity index (χ1n) is 7.20. The van der Waals surface area contributed by atoms with Gasteiger partial charge >= 0.3 is 11.8 Å². The molecule has 1 saturated carbocycles. The van der Waals surface area contributed by atoms with Gasteiger partial charge in [0.2, 0.25) is 0 Å². The summed E-state index contributed by atoms with van der Waals surface area (Å²) in [6.45, 7) is 0.180. The largest absolute Gasteiger partial charge is 0.393 e. The van der Waals surface area contributed by atoms with Crippen LogP contribution in [0.3, 0.4) is 0 Å². The van der Waals surface area contributed by atoms with Crippen molar-refractivity contribution < 1.29 is 23.5 Å². The van der Waals surface area contributed by atoms with E-state index in [9.17, 15) is 23.5 Å². The number of aliphatic hydroxyl groups excluding tert-OH is 1. The molecule has 0 aromatic heterocycles. The van der Waals surface area contributed by atoms with Crippen LogP contribution in [0.25, 0.3) is 0 Å². The predicted molar refractivity (Wildman–Crippen MR) is 76.0 cm³/mol. The summed E-state index contributed by atoms with van der Waals surface area (Å²) in [5.74, 6) is -4.43. The van der Waals surface area contributed by atoms with Crippen molar-refractivity contribution >= 4 is 17.5 Å². The van der Waals surface area contributed by atoms with Crippen molar-refractivity contribution in [2.75, 3.05) is 11.9 Å². The van der Waals surface area contributed by atoms with Gasteiger partial charge in [-0.05, 0) is 25.0 Å². The van der Waals surface area contributed by atoms with Gasteiger partial charge < -0.3 is 15.7 Å². The van der Waals surface area contributed by atoms with Crippen LogP contribution in [0.4, 0.5) is 14.5 Å². The van der Waals surface area contributed by atoms with Crippen molar-refractivity contribution in [1.82, 2.24) is 5.32 Å². The van der Waals surface area contributed by atoms with E-state index in [-0.39, 0.29) is 12.5 Å². The van der Waals surface area contributed by atoms with E-state index < -0.39 is 35.2 Å². The number of carbonyl (C=O) groups excluding carboxylic acids is 2. The number of rotatable bonds is 3. The fourth-order valence-corrected chi connectivity index (χ4v) is 2.51. The fraction of sp³-hybridized carbons (Fsp3) is 0.467. The first kappa shape index (κ1) is 16.4. The van der Waals surface area contributed by atoms with Crippen LogP contribution in [-0.4, -0.2) is 29.6 Å². The predicted octanol–water partition coefficient (Wildman–Crippen LogP) is 1.57. The molecule has 7 heteroatoms. The van der Waals surface area contributed by atoms with Gasteiger partial charge in [-0.1, -0.05) is 18.9 Å². The number of anilines is 1. The first-order valence-corrected chi connectivity index (χ1v) is 7.20. The lowest BCUT2D eigenvalue weighted by Gasteiger charge is -2.27. The molecule has 0 spiro atoms. The van der Waals surface area contributed by atoms with E-state index in [1.54, 1.807) is 0 Å². The molecule has 3 N–H and O–H groups in total. The lowest BCUT2D eigenvalue weighted by molar-refractivity contribution is -0.136. The molecule has 1 aliphatic carbocycles. The highest BCUT2D eigenvalue weighted by Crippen LogP contribution is 2.23. The molecule has 22 heavy (non-hydrogen) atoms. The van der Waals surface area contributed by atoms with Crippen LogP contribution in [0.2, 0.25) is 0 Å². The van der Waals surface area contributed by atoms with Gasteiger partial charge in [0.25, 0.3) is 0 Å². The van der Waals surface area contributed by atoms with Gasteiger partial charge in [0.1, 0.15) is 0 Å². The maximum Gasteiger partial charge on any atom is 0.313 e. The average molecular weight is 312 g/mol. The Labute approximate surface area is 126 Å². The number of hydrogen-bond acceptors (Lipinski definition) is 3. The van der Waals surface area contributed by atoms with E-state index in [0.29, 0.717) is 6.42 Å². The third kappa shape index (κ3) is 4.00. The van der Waals surface area contributed by atoms with E-state index in [0.717, 1.165) is 31.4 Å². The summed E-state index contributed by atoms with van der Waals surface area (Å²) in [5, 5.41) is 14.2. The number of amides is 2. The molecule has 1 fully saturated rings. The Morgan fingerprint density at radius 2 is 1.91 bits per heavy atom. The molecule has 0 radical (unpaired) electrons. The molecule has 5 nitrogen and oxygen atoms in total. The number of nitrogens with one attached hydrogen (secondary N) is 2. The van der Waals surface area contributed by atoms with Gasteiger partial charge in [0.05, 0.1) is 11.8 Å². The number of carbonyl (C=O) groups is 2. The van der Waals surface area contributed by atoms with Crippen molar-refractivity contribution in [3.8, 4) is 0 Å². The van der Waals surface area contributed by atoms with E-state index in [1.165, 1.54) is 6.07 Å². The molecule has 0 bridgehead atoms. The Morgan fingerprint density at radius 3 is 2.64 bits per heavy atom. The molecule has 2 rings (SSSR count). The molecule has 1 aliphatic rings. The number of halogens is 2. The lowest BCUT2D eigenvalue weighted by atomic mass is 9.86. The molecule has 2 atom stereocenters. The number of benzene rings is 1. The van der Waals surface area contributed by atoms with Crippen molar-refractivity contribution in [3.63, 3.8) is 0 Å². The molecule has 0 heterocycles. The van der Waals surface area contributed by atoms with Crippen molar-refractivity contribution in [2.24, 2.45) is 5.92 Å². The van der Waals surface area contributed by atoms with Gasteiger partial charge in [-0.15, -0.1) is 0 Å². The van der Waals surface area contributed by atoms with E-state index in [2.05, 4.69) is 5.32 Å². The van der Waals surface area contributed by atoms with E-state index in [4.69, 9.17) is 0 Å². The minimum Gasteiger partial charge on any atom is -0.393 e. The van der Waals surface area contributed by atoms with Crippen LogP contribution in [0.1, 0.15) is 25.7 Å². The van der Waals surface area contributed by atoms with Crippen molar-refractivity contribution in [3.05, 3.63) is 29.8 Å². The Hall–Kier alpha value is -2.02. The number of aliphatic hydroxyl groups is 1. The maximum absolute atomic E-state index is 13.4. The second-order valence-electron chi connectivity index (χ2n) is 5.38. The van der Waals surface area contributed by atoms with Gasteiger partial charge in [-0.25, -0.2) is 8.78 Å². The van der Waals surface area contributed by atoms with Gasteiger partial charge in [0.15, 0.2) is 11.6 Å². The van der Waals surface area contributed by atoms with Crippen molar-refractivity contribution in [1.29, 1.82) is 0 Å². The molecule has 2 unspecified atom stereocenters. The normalized spacial score (nSPS) is 21.2. The molecule has 2 amide bonds. The first-order chi connectivity index (χ1) is 10.5. The van der Waals surface area contributed by atoms with Crippen LogP contribution < -0.4 is 10.6 Å². The second-order valence-corrected chi connectivity index (χ2v) is 5.38. The topological polar surface area (TPSA) is 78.4 Å². The zero-order valence-corrected chi connectivity index (χ0v) is 11.9. The highest BCUT2D eigenvalue weighted by molar-refractivity contribution is 6.39. The van der Waals surface area contributed by atoms with Crippen molar-refractivity contribution in [2.45, 2.75) is 31.8 Å². The summed E-state index contributed by atoms with van der Waals surface area (Å²) in [5.41, 5.74) is -0.391. The third-order valence-electron chi connectivity index (χ3n) is 3.80. The Kier molecular flexibility index (Phi) is 5.43. The van der Waals surface area contributed by atoms with Gasteiger partial charge in [-0.3, -0.25) is 9.59 Å². The minimum atomic E-state index is -1.22. The van der Waals surface area contributed by atoms with Crippen LogP contribution >= 0.6 is 0 Å². The third-order valence-corrected chi connectivity index (χ3v) is 3.80. The van der Waals surface area contributed by atoms with Crippen LogP contribution in [0, 0.1) is 17.6 Å². The zero-order valence-electron chi connectivity index (χ0n) is 11.9. The summed E-state index contributed by atoms with van der Waals surface area (Å²) in [4.78, 5) is 23.3. The molecule has 1 aromatic carbocycles. The molecule has 120 valence electrons. The Morgan fingerprint density at radius 1 is 1.18 bits per heavy atom. The SMILES string of the molecule is O=C(NCC1CCCCC1O)C(=O)Nc1cccc(F)c1F. The average Bonchev–Trinajstić information content (AvgIpc) is 2.50. The van der Waals surface area contributed by atoms with Gasteiger partial charge in [0, 0.05) is 12.5 Å². The second kappa shape index (κ2) is 7.31. The van der Waals surface area contributed by atoms with E-state index in [1.807, 2.05) is 5.32 Å². The monoisotopic (exact) mass is 312 g/mol. The van der Waals surface area contributed by atoms with Crippen LogP contribution in [0.15, 0.2) is 18.2 Å². The Balaban J connectivity index is 1.87. The highest BCUT2D eigenvalue weighted by Gasteiger charge is 2.24. The summed E-state index contributed by atoms with van der Waals surface area (Å²) < 4.78 is 26.4. The highest BCUT2D eigenvalue weighted by atomic mass is 19.2. The van der Waals surface area contributed by atoms with Gasteiger partial charge in [-0.2, -0.15) is 0 Å². The minimum absolute atomic E-state index is 0.0867. The zero-order chi connectivity index (χ0) is 16.1. The molecule has 0 saturated heterocycles. The summed E-state index contributed by atoms with van der Waals surface area (Å²) in [6, 6.07) is 3.30. The lowest BCUT2D eigenvalue weighted by Crippen LogP contribution is -2.41. The summed E-state index contributed by atoms with van der Waals surface area (Å²) >= 11 is 0.